The summed E-state index contributed by atoms with van der Waals surface area (Å²) in [6.07, 6.45) is 3.89. The van der Waals surface area contributed by atoms with Crippen LogP contribution in [-0.4, -0.2) is 46.9 Å². The summed E-state index contributed by atoms with van der Waals surface area (Å²) in [6, 6.07) is 10.1. The minimum atomic E-state index is 0.222. The molecule has 6 heteroatoms. The van der Waals surface area contributed by atoms with Gasteiger partial charge in [0.25, 0.3) is 0 Å². The molecule has 1 aliphatic rings. The highest BCUT2D eigenvalue weighted by molar-refractivity contribution is 7.13. The standard InChI is InChI=1S/C21H23N3O2S/c1-16-4-2-3-5-17(16)12-20(25)24-9-7-23(8-10-24)13-19-15-27-21(22-19)18-6-11-26-14-18/h2-6,11,14-15H,7-10,12-13H2,1H3. The van der Waals surface area contributed by atoms with Crippen LogP contribution in [0.15, 0.2) is 52.7 Å². The van der Waals surface area contributed by atoms with Gasteiger partial charge in [0.2, 0.25) is 5.91 Å². The van der Waals surface area contributed by atoms with E-state index in [4.69, 9.17) is 9.40 Å². The van der Waals surface area contributed by atoms with Crippen molar-refractivity contribution in [1.82, 2.24) is 14.8 Å². The molecule has 0 radical (unpaired) electrons. The summed E-state index contributed by atoms with van der Waals surface area (Å²) in [5.74, 6) is 0.222. The second-order valence-electron chi connectivity index (χ2n) is 6.92. The highest BCUT2D eigenvalue weighted by atomic mass is 32.1. The summed E-state index contributed by atoms with van der Waals surface area (Å²) in [7, 11) is 0. The lowest BCUT2D eigenvalue weighted by molar-refractivity contribution is -0.132. The predicted molar refractivity (Wildman–Crippen MR) is 107 cm³/mol. The average Bonchev–Trinajstić information content (AvgIpc) is 3.36. The number of hydrogen-bond acceptors (Lipinski definition) is 5. The lowest BCUT2D eigenvalue weighted by Gasteiger charge is -2.34. The Morgan fingerprint density at radius 1 is 1.19 bits per heavy atom. The van der Waals surface area contributed by atoms with E-state index in [-0.39, 0.29) is 5.91 Å². The fourth-order valence-corrected chi connectivity index (χ4v) is 4.16. The van der Waals surface area contributed by atoms with Gasteiger partial charge in [-0.05, 0) is 24.1 Å². The smallest absolute Gasteiger partial charge is 0.227 e. The van der Waals surface area contributed by atoms with Gasteiger partial charge in [-0.1, -0.05) is 24.3 Å². The summed E-state index contributed by atoms with van der Waals surface area (Å²) < 4.78 is 5.13. The van der Waals surface area contributed by atoms with E-state index in [0.29, 0.717) is 6.42 Å². The second kappa shape index (κ2) is 8.06. The van der Waals surface area contributed by atoms with Crippen molar-refractivity contribution in [2.45, 2.75) is 19.9 Å². The van der Waals surface area contributed by atoms with Crippen molar-refractivity contribution in [3.63, 3.8) is 0 Å². The Bertz CT molecular complexity index is 896. The predicted octanol–water partition coefficient (Wildman–Crippen LogP) is 3.60. The van der Waals surface area contributed by atoms with Gasteiger partial charge in [0.05, 0.1) is 18.4 Å². The van der Waals surface area contributed by atoms with Crippen LogP contribution in [0.2, 0.25) is 0 Å². The number of carbonyl (C=O) groups excluding carboxylic acids is 1. The number of aryl methyl sites for hydroxylation is 1. The van der Waals surface area contributed by atoms with Crippen LogP contribution in [0.3, 0.4) is 0 Å². The molecular formula is C21H23N3O2S. The van der Waals surface area contributed by atoms with Crippen molar-refractivity contribution >= 4 is 17.2 Å². The molecule has 140 valence electrons. The molecule has 0 unspecified atom stereocenters. The number of nitrogens with zero attached hydrogens (tertiary/aromatic N) is 3. The van der Waals surface area contributed by atoms with E-state index in [1.165, 1.54) is 5.56 Å². The van der Waals surface area contributed by atoms with Gasteiger partial charge in [-0.15, -0.1) is 11.3 Å². The molecular weight excluding hydrogens is 358 g/mol. The molecule has 1 aromatic carbocycles. The fraction of sp³-hybridized carbons (Fsp3) is 0.333. The Kier molecular flexibility index (Phi) is 5.36. The molecule has 4 rings (SSSR count). The van der Waals surface area contributed by atoms with Gasteiger partial charge in [-0.25, -0.2) is 4.98 Å². The van der Waals surface area contributed by atoms with E-state index in [2.05, 4.69) is 23.3 Å². The van der Waals surface area contributed by atoms with Crippen molar-refractivity contribution in [1.29, 1.82) is 0 Å². The summed E-state index contributed by atoms with van der Waals surface area (Å²) in [6.45, 7) is 6.23. The topological polar surface area (TPSA) is 49.6 Å². The number of benzene rings is 1. The van der Waals surface area contributed by atoms with E-state index >= 15 is 0 Å². The van der Waals surface area contributed by atoms with Crippen LogP contribution in [0.4, 0.5) is 0 Å². The first-order valence-corrected chi connectivity index (χ1v) is 10.1. The molecule has 3 heterocycles. The molecule has 0 aliphatic carbocycles. The van der Waals surface area contributed by atoms with Crippen molar-refractivity contribution < 1.29 is 9.21 Å². The minimum absolute atomic E-state index is 0.222. The second-order valence-corrected chi connectivity index (χ2v) is 7.77. The first-order valence-electron chi connectivity index (χ1n) is 9.20. The van der Waals surface area contributed by atoms with Gasteiger partial charge in [0, 0.05) is 43.7 Å². The quantitative estimate of drug-likeness (QED) is 0.678. The molecule has 27 heavy (non-hydrogen) atoms. The van der Waals surface area contributed by atoms with E-state index in [1.807, 2.05) is 29.2 Å². The SMILES string of the molecule is Cc1ccccc1CC(=O)N1CCN(Cc2csc(-c3ccoc3)n2)CC1. The van der Waals surface area contributed by atoms with Crippen molar-refractivity contribution in [2.75, 3.05) is 26.2 Å². The van der Waals surface area contributed by atoms with Crippen molar-refractivity contribution in [3.8, 4) is 10.6 Å². The van der Waals surface area contributed by atoms with Crippen LogP contribution in [0, 0.1) is 6.92 Å². The third-order valence-electron chi connectivity index (χ3n) is 5.03. The number of furan rings is 1. The number of aromatic nitrogens is 1. The van der Waals surface area contributed by atoms with Gasteiger partial charge in [0.1, 0.15) is 11.3 Å². The monoisotopic (exact) mass is 381 g/mol. The third kappa shape index (κ3) is 4.28. The molecule has 0 atom stereocenters. The van der Waals surface area contributed by atoms with E-state index in [0.717, 1.165) is 54.6 Å². The van der Waals surface area contributed by atoms with Crippen molar-refractivity contribution in [3.05, 3.63) is 65.1 Å². The molecule has 1 aliphatic heterocycles. The maximum Gasteiger partial charge on any atom is 0.227 e. The van der Waals surface area contributed by atoms with Crippen LogP contribution in [0.25, 0.3) is 10.6 Å². The molecule has 5 nitrogen and oxygen atoms in total. The molecule has 3 aromatic rings. The van der Waals surface area contributed by atoms with E-state index in [9.17, 15) is 4.79 Å². The number of thiazole rings is 1. The van der Waals surface area contributed by atoms with Crippen molar-refractivity contribution in [2.24, 2.45) is 0 Å². The molecule has 0 bridgehead atoms. The Labute approximate surface area is 163 Å². The Balaban J connectivity index is 1.29. The fourth-order valence-electron chi connectivity index (χ4n) is 3.37. The first kappa shape index (κ1) is 17.9. The summed E-state index contributed by atoms with van der Waals surface area (Å²) >= 11 is 1.64. The number of piperazine rings is 1. The number of amides is 1. The molecule has 1 fully saturated rings. The van der Waals surface area contributed by atoms with Gasteiger partial charge >= 0.3 is 0 Å². The maximum atomic E-state index is 12.6. The normalized spacial score (nSPS) is 15.2. The number of hydrogen-bond donors (Lipinski definition) is 0. The lowest BCUT2D eigenvalue weighted by Crippen LogP contribution is -2.48. The Hall–Kier alpha value is -2.44. The van der Waals surface area contributed by atoms with Gasteiger partial charge in [-0.2, -0.15) is 0 Å². The van der Waals surface area contributed by atoms with Crippen LogP contribution >= 0.6 is 11.3 Å². The molecule has 1 saturated heterocycles. The van der Waals surface area contributed by atoms with Crippen LogP contribution in [0.1, 0.15) is 16.8 Å². The van der Waals surface area contributed by atoms with E-state index in [1.54, 1.807) is 23.9 Å². The largest absolute Gasteiger partial charge is 0.472 e. The van der Waals surface area contributed by atoms with Crippen LogP contribution in [0.5, 0.6) is 0 Å². The summed E-state index contributed by atoms with van der Waals surface area (Å²) in [5, 5.41) is 3.10. The number of rotatable bonds is 5. The van der Waals surface area contributed by atoms with Gasteiger partial charge in [0.15, 0.2) is 0 Å². The van der Waals surface area contributed by atoms with E-state index < -0.39 is 0 Å². The molecule has 1 amide bonds. The average molecular weight is 382 g/mol. The highest BCUT2D eigenvalue weighted by Crippen LogP contribution is 2.24. The zero-order valence-corrected chi connectivity index (χ0v) is 16.2. The maximum absolute atomic E-state index is 12.6. The summed E-state index contributed by atoms with van der Waals surface area (Å²) in [5.41, 5.74) is 4.41. The molecule has 2 aromatic heterocycles. The van der Waals surface area contributed by atoms with Crippen LogP contribution < -0.4 is 0 Å². The van der Waals surface area contributed by atoms with Gasteiger partial charge in [-0.3, -0.25) is 9.69 Å². The highest BCUT2D eigenvalue weighted by Gasteiger charge is 2.22. The van der Waals surface area contributed by atoms with Crippen LogP contribution in [-0.2, 0) is 17.8 Å². The zero-order valence-electron chi connectivity index (χ0n) is 15.4. The summed E-state index contributed by atoms with van der Waals surface area (Å²) in [4.78, 5) is 21.7. The Morgan fingerprint density at radius 3 is 2.74 bits per heavy atom. The molecule has 0 spiro atoms. The minimum Gasteiger partial charge on any atom is -0.472 e. The zero-order chi connectivity index (χ0) is 18.6. The Morgan fingerprint density at radius 2 is 2.00 bits per heavy atom. The third-order valence-corrected chi connectivity index (χ3v) is 5.97. The van der Waals surface area contributed by atoms with Gasteiger partial charge < -0.3 is 9.32 Å². The number of carbonyl (C=O) groups is 1. The molecule has 0 N–H and O–H groups in total. The first-order chi connectivity index (χ1) is 13.2. The lowest BCUT2D eigenvalue weighted by atomic mass is 10.1. The molecule has 0 saturated carbocycles.